The average molecular weight is 303 g/mol. The molecule has 2 aliphatic heterocycles. The SMILES string of the molecule is CC(C)(C)c1ccc([C@H]2CCCN2CC2(CO)COC2)cc1. The van der Waals surface area contributed by atoms with Crippen LogP contribution in [0.3, 0.4) is 0 Å². The highest BCUT2D eigenvalue weighted by Gasteiger charge is 2.42. The molecule has 3 heteroatoms. The molecule has 0 radical (unpaired) electrons. The summed E-state index contributed by atoms with van der Waals surface area (Å²) in [6.45, 7) is 10.5. The van der Waals surface area contributed by atoms with Crippen molar-refractivity contribution in [3.63, 3.8) is 0 Å². The van der Waals surface area contributed by atoms with E-state index in [0.717, 1.165) is 13.1 Å². The minimum absolute atomic E-state index is 0.0199. The van der Waals surface area contributed by atoms with Crippen LogP contribution in [-0.2, 0) is 10.2 Å². The van der Waals surface area contributed by atoms with Crippen LogP contribution in [0.15, 0.2) is 24.3 Å². The van der Waals surface area contributed by atoms with Crippen molar-refractivity contribution in [1.29, 1.82) is 0 Å². The Balaban J connectivity index is 1.73. The van der Waals surface area contributed by atoms with Crippen LogP contribution < -0.4 is 0 Å². The molecule has 0 bridgehead atoms. The van der Waals surface area contributed by atoms with E-state index in [9.17, 15) is 5.11 Å². The molecule has 1 N–H and O–H groups in total. The second-order valence-electron chi connectivity index (χ2n) is 8.15. The van der Waals surface area contributed by atoms with E-state index in [1.54, 1.807) is 0 Å². The predicted molar refractivity (Wildman–Crippen MR) is 89.0 cm³/mol. The van der Waals surface area contributed by atoms with Gasteiger partial charge in [0.15, 0.2) is 0 Å². The van der Waals surface area contributed by atoms with E-state index in [-0.39, 0.29) is 17.4 Å². The first kappa shape index (κ1) is 16.0. The molecule has 2 aliphatic rings. The largest absolute Gasteiger partial charge is 0.396 e. The fourth-order valence-corrected chi connectivity index (χ4v) is 3.65. The van der Waals surface area contributed by atoms with Gasteiger partial charge in [-0.25, -0.2) is 0 Å². The maximum atomic E-state index is 9.67. The third kappa shape index (κ3) is 3.08. The molecule has 22 heavy (non-hydrogen) atoms. The first-order chi connectivity index (χ1) is 10.4. The van der Waals surface area contributed by atoms with E-state index >= 15 is 0 Å². The highest BCUT2D eigenvalue weighted by molar-refractivity contribution is 5.29. The zero-order chi connectivity index (χ0) is 15.8. The Morgan fingerprint density at radius 2 is 1.91 bits per heavy atom. The lowest BCUT2D eigenvalue weighted by Gasteiger charge is -2.43. The summed E-state index contributed by atoms with van der Waals surface area (Å²) in [6, 6.07) is 9.65. The quantitative estimate of drug-likeness (QED) is 0.927. The maximum absolute atomic E-state index is 9.67. The Morgan fingerprint density at radius 1 is 1.23 bits per heavy atom. The van der Waals surface area contributed by atoms with Crippen LogP contribution in [0, 0.1) is 5.41 Å². The number of hydrogen-bond acceptors (Lipinski definition) is 3. The summed E-state index contributed by atoms with van der Waals surface area (Å²) in [4.78, 5) is 2.55. The Labute approximate surface area is 134 Å². The molecule has 1 aromatic rings. The lowest BCUT2D eigenvalue weighted by Crippen LogP contribution is -2.53. The van der Waals surface area contributed by atoms with E-state index in [1.165, 1.54) is 24.0 Å². The molecule has 122 valence electrons. The molecule has 1 atom stereocenters. The van der Waals surface area contributed by atoms with Crippen molar-refractivity contribution < 1.29 is 9.84 Å². The van der Waals surface area contributed by atoms with Crippen molar-refractivity contribution in [2.75, 3.05) is 32.9 Å². The minimum atomic E-state index is -0.0199. The van der Waals surface area contributed by atoms with Crippen LogP contribution in [0.4, 0.5) is 0 Å². The lowest BCUT2D eigenvalue weighted by atomic mass is 9.85. The summed E-state index contributed by atoms with van der Waals surface area (Å²) in [5, 5.41) is 9.67. The van der Waals surface area contributed by atoms with Gasteiger partial charge >= 0.3 is 0 Å². The summed E-state index contributed by atoms with van der Waals surface area (Å²) < 4.78 is 5.35. The van der Waals surface area contributed by atoms with Gasteiger partial charge in [-0.2, -0.15) is 0 Å². The van der Waals surface area contributed by atoms with Gasteiger partial charge < -0.3 is 9.84 Å². The number of likely N-dealkylation sites (tertiary alicyclic amines) is 1. The molecular formula is C19H29NO2. The smallest absolute Gasteiger partial charge is 0.0579 e. The standard InChI is InChI=1S/C19H29NO2/c1-18(2,3)16-8-6-15(7-9-16)17-5-4-10-20(17)11-19(12-21)13-22-14-19/h6-9,17,21H,4-5,10-14H2,1-3H3/t17-/m1/s1. The van der Waals surface area contributed by atoms with Crippen LogP contribution in [0.25, 0.3) is 0 Å². The fraction of sp³-hybridized carbons (Fsp3) is 0.684. The highest BCUT2D eigenvalue weighted by atomic mass is 16.5. The van der Waals surface area contributed by atoms with Gasteiger partial charge in [0.1, 0.15) is 0 Å². The van der Waals surface area contributed by atoms with Gasteiger partial charge in [-0.15, -0.1) is 0 Å². The number of aliphatic hydroxyl groups excluding tert-OH is 1. The number of benzene rings is 1. The van der Waals surface area contributed by atoms with E-state index in [4.69, 9.17) is 4.74 Å². The Bertz CT molecular complexity index is 494. The van der Waals surface area contributed by atoms with Crippen LogP contribution in [0.2, 0.25) is 0 Å². The van der Waals surface area contributed by atoms with E-state index in [0.29, 0.717) is 19.3 Å². The first-order valence-corrected chi connectivity index (χ1v) is 8.47. The monoisotopic (exact) mass is 303 g/mol. The van der Waals surface area contributed by atoms with Crippen molar-refractivity contribution in [3.8, 4) is 0 Å². The number of rotatable bonds is 4. The van der Waals surface area contributed by atoms with Crippen LogP contribution in [0.5, 0.6) is 0 Å². The van der Waals surface area contributed by atoms with Crippen LogP contribution in [0.1, 0.15) is 50.8 Å². The second-order valence-corrected chi connectivity index (χ2v) is 8.15. The first-order valence-electron chi connectivity index (χ1n) is 8.47. The topological polar surface area (TPSA) is 32.7 Å². The third-order valence-corrected chi connectivity index (χ3v) is 5.22. The molecule has 0 saturated carbocycles. The van der Waals surface area contributed by atoms with Crippen LogP contribution >= 0.6 is 0 Å². The summed E-state index contributed by atoms with van der Waals surface area (Å²) in [5.41, 5.74) is 2.99. The molecule has 2 heterocycles. The zero-order valence-corrected chi connectivity index (χ0v) is 14.1. The Kier molecular flexibility index (Phi) is 4.32. The van der Waals surface area contributed by atoms with Gasteiger partial charge in [0.05, 0.1) is 25.2 Å². The normalized spacial score (nSPS) is 25.2. The van der Waals surface area contributed by atoms with E-state index < -0.39 is 0 Å². The van der Waals surface area contributed by atoms with Crippen molar-refractivity contribution in [2.24, 2.45) is 5.41 Å². The summed E-state index contributed by atoms with van der Waals surface area (Å²) in [7, 11) is 0. The molecular weight excluding hydrogens is 274 g/mol. The molecule has 0 spiro atoms. The van der Waals surface area contributed by atoms with Gasteiger partial charge in [-0.1, -0.05) is 45.0 Å². The number of nitrogens with zero attached hydrogens (tertiary/aromatic N) is 1. The molecule has 3 rings (SSSR count). The number of hydrogen-bond donors (Lipinski definition) is 1. The predicted octanol–water partition coefficient (Wildman–Crippen LogP) is 3.13. The summed E-state index contributed by atoms with van der Waals surface area (Å²) >= 11 is 0. The lowest BCUT2D eigenvalue weighted by molar-refractivity contribution is -0.149. The minimum Gasteiger partial charge on any atom is -0.396 e. The second kappa shape index (κ2) is 5.95. The van der Waals surface area contributed by atoms with Gasteiger partial charge in [0.2, 0.25) is 0 Å². The van der Waals surface area contributed by atoms with Gasteiger partial charge in [0, 0.05) is 12.6 Å². The Hall–Kier alpha value is -0.900. The molecule has 0 amide bonds. The van der Waals surface area contributed by atoms with E-state index in [2.05, 4.69) is 49.9 Å². The molecule has 0 unspecified atom stereocenters. The maximum Gasteiger partial charge on any atom is 0.0579 e. The molecule has 2 fully saturated rings. The molecule has 3 nitrogen and oxygen atoms in total. The molecule has 1 aromatic carbocycles. The summed E-state index contributed by atoms with van der Waals surface area (Å²) in [6.07, 6.45) is 2.46. The number of aliphatic hydroxyl groups is 1. The zero-order valence-electron chi connectivity index (χ0n) is 14.1. The van der Waals surface area contributed by atoms with Crippen molar-refractivity contribution in [2.45, 2.75) is 45.1 Å². The summed E-state index contributed by atoms with van der Waals surface area (Å²) in [5.74, 6) is 0. The third-order valence-electron chi connectivity index (χ3n) is 5.22. The number of ether oxygens (including phenoxy) is 1. The van der Waals surface area contributed by atoms with Crippen LogP contribution in [-0.4, -0.2) is 42.9 Å². The molecule has 0 aliphatic carbocycles. The average Bonchev–Trinajstić information content (AvgIpc) is 2.90. The van der Waals surface area contributed by atoms with Crippen molar-refractivity contribution >= 4 is 0 Å². The van der Waals surface area contributed by atoms with E-state index in [1.807, 2.05) is 0 Å². The van der Waals surface area contributed by atoms with Gasteiger partial charge in [-0.3, -0.25) is 4.90 Å². The van der Waals surface area contributed by atoms with Gasteiger partial charge in [-0.05, 0) is 35.9 Å². The fourth-order valence-electron chi connectivity index (χ4n) is 3.65. The van der Waals surface area contributed by atoms with Crippen molar-refractivity contribution in [1.82, 2.24) is 4.90 Å². The van der Waals surface area contributed by atoms with Crippen molar-refractivity contribution in [3.05, 3.63) is 35.4 Å². The Morgan fingerprint density at radius 3 is 2.41 bits per heavy atom. The molecule has 2 saturated heterocycles. The molecule has 0 aromatic heterocycles. The highest BCUT2D eigenvalue weighted by Crippen LogP contribution is 2.37. The van der Waals surface area contributed by atoms with Gasteiger partial charge in [0.25, 0.3) is 0 Å².